The number of ether oxygens (including phenoxy) is 1. The molecule has 0 radical (unpaired) electrons. The third-order valence-electron chi connectivity index (χ3n) is 2.53. The summed E-state index contributed by atoms with van der Waals surface area (Å²) in [7, 11) is -6.11. The van der Waals surface area contributed by atoms with Gasteiger partial charge in [0.25, 0.3) is 10.0 Å². The van der Waals surface area contributed by atoms with Crippen molar-refractivity contribution >= 4 is 22.1 Å². The van der Waals surface area contributed by atoms with Crippen molar-refractivity contribution in [1.29, 1.82) is 0 Å². The molecule has 1 N–H and O–H groups in total. The van der Waals surface area contributed by atoms with E-state index in [-0.39, 0.29) is 17.5 Å². The summed E-state index contributed by atoms with van der Waals surface area (Å²) in [5, 5.41) is -1.64. The van der Waals surface area contributed by atoms with Crippen LogP contribution in [0.1, 0.15) is 0 Å². The van der Waals surface area contributed by atoms with Gasteiger partial charge in [-0.3, -0.25) is 0 Å². The molecule has 0 bridgehead atoms. The van der Waals surface area contributed by atoms with E-state index < -0.39 is 51.6 Å². The zero-order valence-corrected chi connectivity index (χ0v) is 12.0. The van der Waals surface area contributed by atoms with Gasteiger partial charge in [0.2, 0.25) is 0 Å². The largest absolute Gasteiger partial charge is 0.428 e. The van der Waals surface area contributed by atoms with Crippen LogP contribution < -0.4 is 0 Å². The van der Waals surface area contributed by atoms with E-state index in [2.05, 4.69) is 14.1 Å². The Morgan fingerprint density at radius 1 is 1.09 bits per heavy atom. The van der Waals surface area contributed by atoms with Gasteiger partial charge in [0, 0.05) is 13.1 Å². The van der Waals surface area contributed by atoms with Gasteiger partial charge in [0.05, 0.1) is 13.2 Å². The van der Waals surface area contributed by atoms with Crippen LogP contribution in [0.25, 0.3) is 0 Å². The average Bonchev–Trinajstić information content (AvgIpc) is 2.45. The van der Waals surface area contributed by atoms with Crippen molar-refractivity contribution in [2.24, 2.45) is 0 Å². The van der Waals surface area contributed by atoms with Crippen LogP contribution in [-0.4, -0.2) is 60.7 Å². The van der Waals surface area contributed by atoms with Gasteiger partial charge < -0.3 is 4.74 Å². The Hall–Kier alpha value is -0.320. The summed E-state index contributed by atoms with van der Waals surface area (Å²) in [6, 6.07) is 0. The summed E-state index contributed by atoms with van der Waals surface area (Å²) in [5.41, 5.74) is 0. The van der Waals surface area contributed by atoms with E-state index in [0.717, 1.165) is 0 Å². The van der Waals surface area contributed by atoms with Crippen LogP contribution in [0.2, 0.25) is 0 Å². The summed E-state index contributed by atoms with van der Waals surface area (Å²) in [5.74, 6) is -6.36. The fourth-order valence-electron chi connectivity index (χ4n) is 1.39. The molecule has 1 heterocycles. The summed E-state index contributed by atoms with van der Waals surface area (Å²) >= 11 is -1.67. The first-order chi connectivity index (χ1) is 9.92. The maximum atomic E-state index is 13.6. The monoisotopic (exact) mass is 381 g/mol. The van der Waals surface area contributed by atoms with E-state index in [1.54, 1.807) is 0 Å². The highest BCUT2D eigenvalue weighted by molar-refractivity contribution is 7.95. The lowest BCUT2D eigenvalue weighted by Gasteiger charge is -2.35. The van der Waals surface area contributed by atoms with Gasteiger partial charge in [-0.1, -0.05) is 5.04 Å². The first-order valence-corrected chi connectivity index (χ1v) is 7.47. The number of halogens is 6. The second-order valence-electron chi connectivity index (χ2n) is 3.85. The lowest BCUT2D eigenvalue weighted by Crippen LogP contribution is -2.61. The molecule has 0 atom stereocenters. The maximum Gasteiger partial charge on any atom is 0.428 e. The first-order valence-electron chi connectivity index (χ1n) is 5.28. The van der Waals surface area contributed by atoms with Crippen LogP contribution in [0.5, 0.6) is 0 Å². The lowest BCUT2D eigenvalue weighted by atomic mass is 10.3. The van der Waals surface area contributed by atoms with Crippen molar-refractivity contribution in [3.63, 3.8) is 0 Å². The fourth-order valence-corrected chi connectivity index (χ4v) is 3.21. The van der Waals surface area contributed by atoms with Crippen LogP contribution in [0.4, 0.5) is 26.3 Å². The predicted octanol–water partition coefficient (Wildman–Crippen LogP) is 1.54. The van der Waals surface area contributed by atoms with Crippen LogP contribution in [0, 0.1) is 0 Å². The molecule has 1 fully saturated rings. The van der Waals surface area contributed by atoms with E-state index in [9.17, 15) is 34.8 Å². The number of sulfonamides is 1. The molecule has 22 heavy (non-hydrogen) atoms. The van der Waals surface area contributed by atoms with Crippen molar-refractivity contribution in [1.82, 2.24) is 4.31 Å². The summed E-state index contributed by atoms with van der Waals surface area (Å²) in [4.78, 5) is 0. The first kappa shape index (κ1) is 19.7. The Morgan fingerprint density at radius 2 is 1.59 bits per heavy atom. The molecule has 0 spiro atoms. The highest BCUT2D eigenvalue weighted by Gasteiger charge is 2.79. The Bertz CT molecular complexity index is 482. The number of nitrogens with zero attached hydrogens (tertiary/aromatic N) is 1. The van der Waals surface area contributed by atoms with Crippen LogP contribution in [0.3, 0.4) is 0 Å². The zero-order valence-electron chi connectivity index (χ0n) is 10.3. The molecule has 1 aliphatic rings. The number of hydrogen-bond acceptors (Lipinski definition) is 7. The summed E-state index contributed by atoms with van der Waals surface area (Å²) < 4.78 is 111. The van der Waals surface area contributed by atoms with Crippen LogP contribution in [0.15, 0.2) is 0 Å². The summed E-state index contributed by atoms with van der Waals surface area (Å²) in [6.45, 7) is -2.09. The van der Waals surface area contributed by atoms with Crippen molar-refractivity contribution in [3.8, 4) is 0 Å². The Kier molecular flexibility index (Phi) is 5.97. The Labute approximate surface area is 124 Å². The molecule has 0 aromatic carbocycles. The molecule has 15 heteroatoms. The van der Waals surface area contributed by atoms with Crippen LogP contribution in [-0.2, 0) is 24.1 Å². The van der Waals surface area contributed by atoms with Gasteiger partial charge >= 0.3 is 16.4 Å². The molecule has 0 amide bonds. The topological polar surface area (TPSA) is 85.3 Å². The van der Waals surface area contributed by atoms with E-state index in [1.807, 2.05) is 0 Å². The standard InChI is InChI=1S/C7H9F6NO6S2/c8-5(9,6(10,11)21-20-19-15)7(12,13)22(16,17)14-1-3-18-4-2-14/h15H,1-4H2. The van der Waals surface area contributed by atoms with Gasteiger partial charge in [-0.25, -0.2) is 13.7 Å². The minimum absolute atomic E-state index is 0.0748. The Morgan fingerprint density at radius 3 is 2.05 bits per heavy atom. The lowest BCUT2D eigenvalue weighted by molar-refractivity contribution is -0.434. The minimum Gasteiger partial charge on any atom is -0.379 e. The number of rotatable bonds is 7. The normalized spacial score (nSPS) is 19.4. The predicted molar refractivity (Wildman–Crippen MR) is 58.5 cm³/mol. The smallest absolute Gasteiger partial charge is 0.379 e. The van der Waals surface area contributed by atoms with Gasteiger partial charge in [-0.2, -0.15) is 30.6 Å². The van der Waals surface area contributed by atoms with E-state index in [4.69, 9.17) is 5.26 Å². The van der Waals surface area contributed by atoms with Crippen molar-refractivity contribution in [3.05, 3.63) is 0 Å². The molecular weight excluding hydrogens is 372 g/mol. The third kappa shape index (κ3) is 3.29. The molecule has 0 aromatic heterocycles. The van der Waals surface area contributed by atoms with Gasteiger partial charge in [-0.05, 0) is 0 Å². The van der Waals surface area contributed by atoms with Crippen molar-refractivity contribution < 1.29 is 54.1 Å². The maximum absolute atomic E-state index is 13.6. The van der Waals surface area contributed by atoms with Crippen molar-refractivity contribution in [2.45, 2.75) is 16.4 Å². The number of morpholine rings is 1. The molecule has 1 rings (SSSR count). The quantitative estimate of drug-likeness (QED) is 0.310. The molecule has 132 valence electrons. The molecular formula is C7H9F6NO6S2. The number of hydrogen-bond donors (Lipinski definition) is 1. The highest BCUT2D eigenvalue weighted by Crippen LogP contribution is 2.54. The average molecular weight is 381 g/mol. The molecule has 0 unspecified atom stereocenters. The SMILES string of the molecule is O=S(=O)(N1CCOCC1)C(F)(F)C(F)(F)C(F)(F)SOOO. The number of alkyl halides is 6. The molecule has 7 nitrogen and oxygen atoms in total. The molecule has 1 saturated heterocycles. The van der Waals surface area contributed by atoms with Gasteiger partial charge in [0.1, 0.15) is 12.0 Å². The Balaban J connectivity index is 3.13. The van der Waals surface area contributed by atoms with E-state index >= 15 is 0 Å². The molecule has 0 saturated carbocycles. The third-order valence-corrected chi connectivity index (χ3v) is 5.08. The highest BCUT2D eigenvalue weighted by atomic mass is 32.2. The van der Waals surface area contributed by atoms with Crippen LogP contribution >= 0.6 is 12.0 Å². The van der Waals surface area contributed by atoms with E-state index in [1.165, 1.54) is 0 Å². The molecule has 0 aliphatic carbocycles. The minimum atomic E-state index is -6.36. The zero-order chi connectivity index (χ0) is 17.2. The summed E-state index contributed by atoms with van der Waals surface area (Å²) in [6.07, 6.45) is 0. The second-order valence-corrected chi connectivity index (χ2v) is 6.65. The van der Waals surface area contributed by atoms with Gasteiger partial charge in [0.15, 0.2) is 0 Å². The fraction of sp³-hybridized carbons (Fsp3) is 1.00. The van der Waals surface area contributed by atoms with Crippen molar-refractivity contribution in [2.75, 3.05) is 26.3 Å². The molecule has 1 aliphatic heterocycles. The van der Waals surface area contributed by atoms with Gasteiger partial charge in [-0.15, -0.1) is 4.33 Å². The molecule has 0 aromatic rings. The second kappa shape index (κ2) is 6.66. The van der Waals surface area contributed by atoms with E-state index in [0.29, 0.717) is 0 Å².